The van der Waals surface area contributed by atoms with Gasteiger partial charge in [-0.25, -0.2) is 0 Å². The fourth-order valence-electron chi connectivity index (χ4n) is 1.24. The molecule has 0 unspecified atom stereocenters. The van der Waals surface area contributed by atoms with Gasteiger partial charge >= 0.3 is 0 Å². The predicted molar refractivity (Wildman–Crippen MR) is 60.5 cm³/mol. The molecule has 0 saturated heterocycles. The predicted octanol–water partition coefficient (Wildman–Crippen LogP) is 3.67. The van der Waals surface area contributed by atoms with Crippen LogP contribution in [0, 0.1) is 5.92 Å². The zero-order chi connectivity index (χ0) is 10.4. The standard InChI is InChI=1S/C13H18O/c1-4-8-13(11(2)3)14-12-9-6-5-7-10-12/h4-11,13H,1-3H3/b8-4+/t13-/m1/s1. The summed E-state index contributed by atoms with van der Waals surface area (Å²) in [5.74, 6) is 1.43. The molecule has 0 heterocycles. The molecule has 1 heteroatoms. The Labute approximate surface area is 86.4 Å². The average molecular weight is 190 g/mol. The van der Waals surface area contributed by atoms with Crippen molar-refractivity contribution < 1.29 is 4.74 Å². The SMILES string of the molecule is C/C=C/[C@@H](Oc1ccccc1)C(C)C. The van der Waals surface area contributed by atoms with Crippen LogP contribution in [0.25, 0.3) is 0 Å². The number of hydrogen-bond acceptors (Lipinski definition) is 1. The van der Waals surface area contributed by atoms with Gasteiger partial charge in [0.05, 0.1) is 0 Å². The maximum absolute atomic E-state index is 5.83. The molecular weight excluding hydrogens is 172 g/mol. The Balaban J connectivity index is 2.65. The van der Waals surface area contributed by atoms with Crippen molar-refractivity contribution in [2.24, 2.45) is 5.92 Å². The molecule has 14 heavy (non-hydrogen) atoms. The highest BCUT2D eigenvalue weighted by atomic mass is 16.5. The second-order valence-corrected chi connectivity index (χ2v) is 3.67. The van der Waals surface area contributed by atoms with Crippen molar-refractivity contribution in [3.63, 3.8) is 0 Å². The molecule has 0 amide bonds. The number of para-hydroxylation sites is 1. The molecule has 0 saturated carbocycles. The molecule has 1 aromatic carbocycles. The first-order valence-corrected chi connectivity index (χ1v) is 5.08. The van der Waals surface area contributed by atoms with E-state index >= 15 is 0 Å². The van der Waals surface area contributed by atoms with Crippen LogP contribution in [0.4, 0.5) is 0 Å². The van der Waals surface area contributed by atoms with E-state index in [9.17, 15) is 0 Å². The number of hydrogen-bond donors (Lipinski definition) is 0. The molecule has 1 atom stereocenters. The van der Waals surface area contributed by atoms with Crippen LogP contribution in [0.15, 0.2) is 42.5 Å². The minimum absolute atomic E-state index is 0.169. The number of ether oxygens (including phenoxy) is 1. The zero-order valence-electron chi connectivity index (χ0n) is 9.10. The van der Waals surface area contributed by atoms with Gasteiger partial charge in [0.2, 0.25) is 0 Å². The topological polar surface area (TPSA) is 9.23 Å². The van der Waals surface area contributed by atoms with E-state index in [1.165, 1.54) is 0 Å². The van der Waals surface area contributed by atoms with Gasteiger partial charge in [0.15, 0.2) is 0 Å². The highest BCUT2D eigenvalue weighted by molar-refractivity contribution is 5.21. The van der Waals surface area contributed by atoms with Gasteiger partial charge < -0.3 is 4.74 Å². The van der Waals surface area contributed by atoms with Crippen molar-refractivity contribution in [2.45, 2.75) is 26.9 Å². The van der Waals surface area contributed by atoms with Gasteiger partial charge in [-0.1, -0.05) is 38.1 Å². The minimum Gasteiger partial charge on any atom is -0.486 e. The van der Waals surface area contributed by atoms with E-state index in [4.69, 9.17) is 4.74 Å². The molecule has 0 aromatic heterocycles. The van der Waals surface area contributed by atoms with E-state index in [0.717, 1.165) is 5.75 Å². The van der Waals surface area contributed by atoms with Crippen molar-refractivity contribution in [2.75, 3.05) is 0 Å². The van der Waals surface area contributed by atoms with Gasteiger partial charge in [-0.05, 0) is 31.1 Å². The third kappa shape index (κ3) is 3.25. The molecule has 1 nitrogen and oxygen atoms in total. The van der Waals surface area contributed by atoms with Crippen molar-refractivity contribution in [1.82, 2.24) is 0 Å². The maximum atomic E-state index is 5.83. The second-order valence-electron chi connectivity index (χ2n) is 3.67. The van der Waals surface area contributed by atoms with Gasteiger partial charge in [0, 0.05) is 0 Å². The van der Waals surface area contributed by atoms with Crippen LogP contribution in [0.3, 0.4) is 0 Å². The Morgan fingerprint density at radius 3 is 2.29 bits per heavy atom. The Bertz CT molecular complexity index is 275. The van der Waals surface area contributed by atoms with E-state index in [1.54, 1.807) is 0 Å². The van der Waals surface area contributed by atoms with Gasteiger partial charge in [0.25, 0.3) is 0 Å². The van der Waals surface area contributed by atoms with E-state index in [0.29, 0.717) is 5.92 Å². The molecule has 0 spiro atoms. The first-order chi connectivity index (χ1) is 6.74. The van der Waals surface area contributed by atoms with Crippen LogP contribution in [0.2, 0.25) is 0 Å². The fourth-order valence-corrected chi connectivity index (χ4v) is 1.24. The van der Waals surface area contributed by atoms with Crippen LogP contribution < -0.4 is 4.74 Å². The van der Waals surface area contributed by atoms with E-state index in [-0.39, 0.29) is 6.10 Å². The molecule has 76 valence electrons. The summed E-state index contributed by atoms with van der Waals surface area (Å²) in [6, 6.07) is 9.94. The lowest BCUT2D eigenvalue weighted by Crippen LogP contribution is -2.20. The summed E-state index contributed by atoms with van der Waals surface area (Å²) < 4.78 is 5.83. The molecule has 0 N–H and O–H groups in total. The Kier molecular flexibility index (Phi) is 4.24. The zero-order valence-corrected chi connectivity index (χ0v) is 9.10. The van der Waals surface area contributed by atoms with Crippen LogP contribution in [-0.2, 0) is 0 Å². The molecule has 1 aromatic rings. The summed E-state index contributed by atoms with van der Waals surface area (Å²) in [4.78, 5) is 0. The lowest BCUT2D eigenvalue weighted by atomic mass is 10.1. The molecule has 0 radical (unpaired) electrons. The maximum Gasteiger partial charge on any atom is 0.120 e. The number of benzene rings is 1. The lowest BCUT2D eigenvalue weighted by molar-refractivity contribution is 0.197. The smallest absolute Gasteiger partial charge is 0.120 e. The highest BCUT2D eigenvalue weighted by Gasteiger charge is 2.10. The number of rotatable bonds is 4. The lowest BCUT2D eigenvalue weighted by Gasteiger charge is -2.19. The molecule has 0 bridgehead atoms. The quantitative estimate of drug-likeness (QED) is 0.658. The summed E-state index contributed by atoms with van der Waals surface area (Å²) in [5.41, 5.74) is 0. The highest BCUT2D eigenvalue weighted by Crippen LogP contribution is 2.15. The summed E-state index contributed by atoms with van der Waals surface area (Å²) in [6.07, 6.45) is 4.30. The summed E-state index contributed by atoms with van der Waals surface area (Å²) in [6.45, 7) is 6.34. The van der Waals surface area contributed by atoms with Crippen molar-refractivity contribution in [3.8, 4) is 5.75 Å². The third-order valence-electron chi connectivity index (χ3n) is 2.05. The Hall–Kier alpha value is -1.24. The molecule has 0 fully saturated rings. The largest absolute Gasteiger partial charge is 0.486 e. The normalized spacial score (nSPS) is 13.4. The van der Waals surface area contributed by atoms with E-state index in [1.807, 2.05) is 43.3 Å². The molecular formula is C13H18O. The van der Waals surface area contributed by atoms with Gasteiger partial charge in [-0.15, -0.1) is 0 Å². The van der Waals surface area contributed by atoms with E-state index in [2.05, 4.69) is 19.9 Å². The molecule has 0 aliphatic heterocycles. The van der Waals surface area contributed by atoms with Crippen LogP contribution >= 0.6 is 0 Å². The average Bonchev–Trinajstić information content (AvgIpc) is 2.18. The Morgan fingerprint density at radius 2 is 1.79 bits per heavy atom. The molecule has 0 aliphatic rings. The van der Waals surface area contributed by atoms with E-state index < -0.39 is 0 Å². The van der Waals surface area contributed by atoms with Gasteiger partial charge in [-0.2, -0.15) is 0 Å². The summed E-state index contributed by atoms with van der Waals surface area (Å²) in [7, 11) is 0. The monoisotopic (exact) mass is 190 g/mol. The number of allylic oxidation sites excluding steroid dienone is 1. The fraction of sp³-hybridized carbons (Fsp3) is 0.385. The van der Waals surface area contributed by atoms with Crippen molar-refractivity contribution in [1.29, 1.82) is 0 Å². The molecule has 1 rings (SSSR count). The van der Waals surface area contributed by atoms with Crippen LogP contribution in [0.1, 0.15) is 20.8 Å². The minimum atomic E-state index is 0.169. The van der Waals surface area contributed by atoms with Gasteiger partial charge in [-0.3, -0.25) is 0 Å². The first-order valence-electron chi connectivity index (χ1n) is 5.08. The van der Waals surface area contributed by atoms with Crippen molar-refractivity contribution >= 4 is 0 Å². The van der Waals surface area contributed by atoms with Crippen LogP contribution in [0.5, 0.6) is 5.75 Å². The van der Waals surface area contributed by atoms with Crippen LogP contribution in [-0.4, -0.2) is 6.10 Å². The summed E-state index contributed by atoms with van der Waals surface area (Å²) in [5, 5.41) is 0. The Morgan fingerprint density at radius 1 is 1.14 bits per heavy atom. The van der Waals surface area contributed by atoms with Crippen molar-refractivity contribution in [3.05, 3.63) is 42.5 Å². The molecule has 0 aliphatic carbocycles. The second kappa shape index (κ2) is 5.48. The summed E-state index contributed by atoms with van der Waals surface area (Å²) >= 11 is 0. The third-order valence-corrected chi connectivity index (χ3v) is 2.05. The van der Waals surface area contributed by atoms with Gasteiger partial charge in [0.1, 0.15) is 11.9 Å². The first kappa shape index (κ1) is 10.8.